The molecular formula is C42H45Cl2F12N5. The third kappa shape index (κ3) is 20.0. The lowest BCUT2D eigenvalue weighted by Gasteiger charge is -2.13. The van der Waals surface area contributed by atoms with Gasteiger partial charge in [0.25, 0.3) is 0 Å². The van der Waals surface area contributed by atoms with Crippen LogP contribution in [0.15, 0.2) is 91.0 Å². The highest BCUT2D eigenvalue weighted by molar-refractivity contribution is 6.31. The molecule has 61 heavy (non-hydrogen) atoms. The number of benzene rings is 5. The average molecular weight is 919 g/mol. The van der Waals surface area contributed by atoms with Crippen molar-refractivity contribution in [3.63, 3.8) is 0 Å². The fraction of sp³-hybridized carbons (Fsp3) is 0.286. The summed E-state index contributed by atoms with van der Waals surface area (Å²) in [4.78, 5) is 0. The van der Waals surface area contributed by atoms with Crippen LogP contribution in [-0.4, -0.2) is 26.2 Å². The molecule has 1 atom stereocenters. The molecule has 0 spiro atoms. The fourth-order valence-electron chi connectivity index (χ4n) is 4.65. The number of hydrogen-bond acceptors (Lipinski definition) is 5. The van der Waals surface area contributed by atoms with Crippen LogP contribution in [0.3, 0.4) is 0 Å². The lowest BCUT2D eigenvalue weighted by atomic mass is 10.1. The zero-order chi connectivity index (χ0) is 46.5. The van der Waals surface area contributed by atoms with E-state index in [9.17, 15) is 52.7 Å². The molecule has 1 unspecified atom stereocenters. The van der Waals surface area contributed by atoms with Crippen LogP contribution in [0.5, 0.6) is 0 Å². The van der Waals surface area contributed by atoms with Gasteiger partial charge in [0.2, 0.25) is 0 Å². The van der Waals surface area contributed by atoms with Crippen LogP contribution in [0.25, 0.3) is 0 Å². The first-order chi connectivity index (χ1) is 28.5. The van der Waals surface area contributed by atoms with E-state index in [-0.39, 0.29) is 27.4 Å². The summed E-state index contributed by atoms with van der Waals surface area (Å²) in [6.45, 7) is 11.5. The van der Waals surface area contributed by atoms with Crippen LogP contribution in [0.2, 0.25) is 10.0 Å². The van der Waals surface area contributed by atoms with Gasteiger partial charge < -0.3 is 27.0 Å². The van der Waals surface area contributed by atoms with Crippen LogP contribution in [-0.2, 0) is 12.4 Å². The molecule has 0 saturated carbocycles. The molecule has 5 aromatic rings. The third-order valence-electron chi connectivity index (χ3n) is 7.36. The summed E-state index contributed by atoms with van der Waals surface area (Å²) >= 11 is 11.0. The highest BCUT2D eigenvalue weighted by atomic mass is 35.5. The number of nitrogens with two attached hydrogens (primary N) is 1. The minimum Gasteiger partial charge on any atom is -0.385 e. The smallest absolute Gasteiger partial charge is 0.385 e. The summed E-state index contributed by atoms with van der Waals surface area (Å²) < 4.78 is 149. The maximum atomic E-state index is 12.9. The van der Waals surface area contributed by atoms with E-state index in [1.807, 2.05) is 13.8 Å². The minimum absolute atomic E-state index is 0.0959. The van der Waals surface area contributed by atoms with Crippen molar-refractivity contribution in [2.24, 2.45) is 5.73 Å². The second-order valence-electron chi connectivity index (χ2n) is 12.2. The molecule has 0 amide bonds. The van der Waals surface area contributed by atoms with Crippen LogP contribution < -0.4 is 27.0 Å². The Bertz CT molecular complexity index is 2030. The van der Waals surface area contributed by atoms with Gasteiger partial charge in [0, 0.05) is 66.6 Å². The zero-order valence-corrected chi connectivity index (χ0v) is 34.9. The van der Waals surface area contributed by atoms with E-state index in [1.165, 1.54) is 36.4 Å². The molecule has 336 valence electrons. The Morgan fingerprint density at radius 3 is 1.38 bits per heavy atom. The minimum atomic E-state index is -4.63. The van der Waals surface area contributed by atoms with Gasteiger partial charge in [-0.05, 0) is 113 Å². The Morgan fingerprint density at radius 2 is 0.934 bits per heavy atom. The third-order valence-corrected chi connectivity index (χ3v) is 7.96. The Kier molecular flexibility index (Phi) is 23.3. The molecule has 0 aromatic heterocycles. The van der Waals surface area contributed by atoms with Crippen LogP contribution in [0, 0.1) is 34.9 Å². The van der Waals surface area contributed by atoms with Gasteiger partial charge in [-0.25, -0.2) is 26.3 Å². The first-order valence-electron chi connectivity index (χ1n) is 18.3. The van der Waals surface area contributed by atoms with Gasteiger partial charge in [0.15, 0.2) is 0 Å². The number of alkyl halides is 6. The highest BCUT2D eigenvalue weighted by Gasteiger charge is 2.34. The first kappa shape index (κ1) is 54.0. The lowest BCUT2D eigenvalue weighted by Crippen LogP contribution is -2.11. The second-order valence-corrected chi connectivity index (χ2v) is 13.0. The maximum Gasteiger partial charge on any atom is 0.419 e. The van der Waals surface area contributed by atoms with Crippen molar-refractivity contribution < 1.29 is 52.7 Å². The molecule has 0 bridgehead atoms. The Hall–Kier alpha value is -5.00. The number of hydrogen-bond donors (Lipinski definition) is 5. The predicted molar refractivity (Wildman–Crippen MR) is 221 cm³/mol. The van der Waals surface area contributed by atoms with Gasteiger partial charge in [0.1, 0.15) is 34.9 Å². The predicted octanol–water partition coefficient (Wildman–Crippen LogP) is 14.4. The summed E-state index contributed by atoms with van der Waals surface area (Å²) in [5.41, 5.74) is 5.39. The quantitative estimate of drug-likeness (QED) is 0.0953. The van der Waals surface area contributed by atoms with Gasteiger partial charge >= 0.3 is 12.4 Å². The van der Waals surface area contributed by atoms with Crippen LogP contribution in [0.4, 0.5) is 75.4 Å². The Morgan fingerprint density at radius 1 is 0.475 bits per heavy atom. The molecule has 0 saturated heterocycles. The van der Waals surface area contributed by atoms with E-state index in [0.717, 1.165) is 54.8 Å². The van der Waals surface area contributed by atoms with E-state index in [4.69, 9.17) is 28.9 Å². The number of rotatable bonds is 9. The molecule has 19 heteroatoms. The average Bonchev–Trinajstić information content (AvgIpc) is 3.16. The monoisotopic (exact) mass is 917 g/mol. The normalized spacial score (nSPS) is 11.1. The van der Waals surface area contributed by atoms with Crippen molar-refractivity contribution in [2.45, 2.75) is 53.0 Å². The molecular weight excluding hydrogens is 873 g/mol. The fourth-order valence-corrected chi connectivity index (χ4v) is 4.94. The van der Waals surface area contributed by atoms with Crippen molar-refractivity contribution >= 4 is 46.0 Å². The molecule has 5 nitrogen and oxygen atoms in total. The number of halogens is 14. The van der Waals surface area contributed by atoms with Gasteiger partial charge in [-0.3, -0.25) is 0 Å². The zero-order valence-electron chi connectivity index (χ0n) is 33.4. The van der Waals surface area contributed by atoms with E-state index < -0.39 is 52.8 Å². The van der Waals surface area contributed by atoms with Crippen molar-refractivity contribution in [1.29, 1.82) is 0 Å². The maximum absolute atomic E-state index is 12.9. The Labute approximate surface area is 356 Å². The van der Waals surface area contributed by atoms with Crippen LogP contribution in [0.1, 0.15) is 57.4 Å². The molecule has 5 rings (SSSR count). The molecule has 0 radical (unpaired) electrons. The highest BCUT2D eigenvalue weighted by Crippen LogP contribution is 2.35. The molecule has 5 aromatic carbocycles. The SMILES string of the molecule is CC(N)c1ccc(F)cc1F.CCNc1ccc(C(F)(F)F)c(F)c1.CCNc1ccc(Cl)c(F)c1.CCNc1ccc(F)c(Cl)c1.CCNc1ccc(F)cc1C(F)(F)F. The van der Waals surface area contributed by atoms with Gasteiger partial charge in [-0.1, -0.05) is 29.3 Å². The second kappa shape index (κ2) is 26.4. The van der Waals surface area contributed by atoms with E-state index >= 15 is 0 Å². The van der Waals surface area contributed by atoms with Crippen molar-refractivity contribution in [3.05, 3.63) is 153 Å². The summed E-state index contributed by atoms with van der Waals surface area (Å²) in [6.07, 6.45) is -9.16. The Balaban J connectivity index is 0.000000383. The van der Waals surface area contributed by atoms with Gasteiger partial charge in [-0.2, -0.15) is 26.3 Å². The summed E-state index contributed by atoms with van der Waals surface area (Å²) in [5, 5.41) is 11.6. The van der Waals surface area contributed by atoms with Crippen LogP contribution >= 0.6 is 23.2 Å². The first-order valence-corrected chi connectivity index (χ1v) is 19.0. The molecule has 0 fully saturated rings. The van der Waals surface area contributed by atoms with Gasteiger partial charge in [-0.15, -0.1) is 0 Å². The van der Waals surface area contributed by atoms with Gasteiger partial charge in [0.05, 0.1) is 21.2 Å². The van der Waals surface area contributed by atoms with E-state index in [1.54, 1.807) is 39.0 Å². The molecule has 0 heterocycles. The van der Waals surface area contributed by atoms with E-state index in [0.29, 0.717) is 30.4 Å². The summed E-state index contributed by atoms with van der Waals surface area (Å²) in [6, 6.07) is 17.6. The largest absolute Gasteiger partial charge is 0.419 e. The summed E-state index contributed by atoms with van der Waals surface area (Å²) in [7, 11) is 0. The molecule has 0 aliphatic carbocycles. The number of anilines is 4. The molecule has 0 aliphatic rings. The lowest BCUT2D eigenvalue weighted by molar-refractivity contribution is -0.140. The molecule has 6 N–H and O–H groups in total. The standard InChI is InChI=1S/2C9H9F4N.2C8H9ClFN.C8H9F2N/c1-2-14-8-4-3-6(10)5-7(8)9(11,12)13;1-2-14-6-3-4-7(8(10)5-6)9(11,12)13;1-2-11-6-3-4-8(10)7(9)5-6;1-2-11-6-3-4-7(9)8(10)5-6;1-5(11)7-3-2-6(9)4-8(7)10/h2*3-5,14H,2H2,1H3;2*3-5,11H,2H2,1H3;2-5H,11H2,1H3. The summed E-state index contributed by atoms with van der Waals surface area (Å²) in [5.74, 6) is -4.07. The topological polar surface area (TPSA) is 74.1 Å². The van der Waals surface area contributed by atoms with Crippen molar-refractivity contribution in [1.82, 2.24) is 0 Å². The molecule has 0 aliphatic heterocycles. The van der Waals surface area contributed by atoms with E-state index in [2.05, 4.69) is 21.3 Å². The van der Waals surface area contributed by atoms with Crippen molar-refractivity contribution in [3.8, 4) is 0 Å². The van der Waals surface area contributed by atoms with Crippen molar-refractivity contribution in [2.75, 3.05) is 47.4 Å². The number of nitrogens with one attached hydrogen (secondary N) is 4.